The van der Waals surface area contributed by atoms with Crippen molar-refractivity contribution in [2.24, 2.45) is 0 Å². The molecule has 0 aliphatic rings. The predicted molar refractivity (Wildman–Crippen MR) is 102 cm³/mol. The van der Waals surface area contributed by atoms with E-state index in [1.54, 1.807) is 6.26 Å². The quantitative estimate of drug-likeness (QED) is 0.689. The van der Waals surface area contributed by atoms with Gasteiger partial charge in [-0.05, 0) is 30.2 Å². The highest BCUT2D eigenvalue weighted by molar-refractivity contribution is 5.80. The topological polar surface area (TPSA) is 46.7 Å². The summed E-state index contributed by atoms with van der Waals surface area (Å²) in [6.45, 7) is 2.61. The molecular weight excluding hydrogens is 324 g/mol. The second-order valence-corrected chi connectivity index (χ2v) is 6.59. The van der Waals surface area contributed by atoms with E-state index in [1.807, 2.05) is 86.8 Å². The maximum atomic E-state index is 12.9. The van der Waals surface area contributed by atoms with E-state index in [0.717, 1.165) is 21.8 Å². The fourth-order valence-electron chi connectivity index (χ4n) is 2.98. The maximum Gasteiger partial charge on any atom is 0.278 e. The van der Waals surface area contributed by atoms with Gasteiger partial charge in [-0.2, -0.15) is 0 Å². The number of carbonyl (C=O) groups is 1. The zero-order chi connectivity index (χ0) is 18.4. The van der Waals surface area contributed by atoms with Crippen LogP contribution in [0.4, 0.5) is 0 Å². The summed E-state index contributed by atoms with van der Waals surface area (Å²) in [5.41, 5.74) is 2.14. The average molecular weight is 349 g/mol. The van der Waals surface area contributed by atoms with Crippen LogP contribution >= 0.6 is 0 Å². The zero-order valence-corrected chi connectivity index (χ0v) is 15.2. The van der Waals surface area contributed by atoms with Crippen molar-refractivity contribution in [2.75, 3.05) is 7.05 Å². The molecule has 0 fully saturated rings. The molecule has 0 radical (unpaired) electrons. The second-order valence-electron chi connectivity index (χ2n) is 6.59. The smallest absolute Gasteiger partial charge is 0.278 e. The van der Waals surface area contributed by atoms with Gasteiger partial charge >= 0.3 is 0 Å². The lowest BCUT2D eigenvalue weighted by molar-refractivity contribution is -0.909. The van der Waals surface area contributed by atoms with Crippen LogP contribution in [0.5, 0.6) is 0 Å². The van der Waals surface area contributed by atoms with E-state index in [9.17, 15) is 4.79 Å². The number of hydrogen-bond donors (Lipinski definition) is 2. The van der Waals surface area contributed by atoms with Crippen molar-refractivity contribution in [1.29, 1.82) is 0 Å². The lowest BCUT2D eigenvalue weighted by atomic mass is 9.98. The second kappa shape index (κ2) is 8.50. The molecule has 134 valence electrons. The minimum absolute atomic E-state index is 0.0202. The highest BCUT2D eigenvalue weighted by Crippen LogP contribution is 2.21. The Labute approximate surface area is 154 Å². The molecule has 4 nitrogen and oxygen atoms in total. The van der Waals surface area contributed by atoms with E-state index in [2.05, 4.69) is 5.32 Å². The molecule has 26 heavy (non-hydrogen) atoms. The average Bonchev–Trinajstić information content (AvgIpc) is 3.19. The van der Waals surface area contributed by atoms with Gasteiger partial charge in [-0.1, -0.05) is 60.7 Å². The molecule has 2 atom stereocenters. The first kappa shape index (κ1) is 18.0. The number of nitrogens with one attached hydrogen (secondary N) is 2. The van der Waals surface area contributed by atoms with Gasteiger partial charge in [0.1, 0.15) is 6.54 Å². The van der Waals surface area contributed by atoms with E-state index in [0.29, 0.717) is 6.54 Å². The Morgan fingerprint density at radius 1 is 0.962 bits per heavy atom. The molecule has 0 aliphatic carbocycles. The van der Waals surface area contributed by atoms with Crippen LogP contribution < -0.4 is 10.2 Å². The van der Waals surface area contributed by atoms with Gasteiger partial charge < -0.3 is 14.6 Å². The Morgan fingerprint density at radius 2 is 1.54 bits per heavy atom. The van der Waals surface area contributed by atoms with E-state index in [4.69, 9.17) is 4.42 Å². The molecule has 1 unspecified atom stereocenters. The fourth-order valence-corrected chi connectivity index (χ4v) is 2.98. The highest BCUT2D eigenvalue weighted by atomic mass is 16.3. The van der Waals surface area contributed by atoms with Gasteiger partial charge in [-0.15, -0.1) is 0 Å². The number of amides is 1. The van der Waals surface area contributed by atoms with Crippen molar-refractivity contribution in [2.45, 2.75) is 25.6 Å². The molecule has 0 bridgehead atoms. The van der Waals surface area contributed by atoms with Crippen molar-refractivity contribution in [3.05, 3.63) is 95.9 Å². The summed E-state index contributed by atoms with van der Waals surface area (Å²) < 4.78 is 5.40. The fraction of sp³-hybridized carbons (Fsp3) is 0.227. The van der Waals surface area contributed by atoms with Crippen LogP contribution in [0.25, 0.3) is 0 Å². The molecule has 1 heterocycles. The van der Waals surface area contributed by atoms with Crippen LogP contribution in [0, 0.1) is 0 Å². The van der Waals surface area contributed by atoms with Crippen LogP contribution in [-0.2, 0) is 11.3 Å². The molecule has 0 saturated heterocycles. The number of hydrogen-bond acceptors (Lipinski definition) is 2. The van der Waals surface area contributed by atoms with Crippen molar-refractivity contribution in [1.82, 2.24) is 5.32 Å². The summed E-state index contributed by atoms with van der Waals surface area (Å²) in [7, 11) is 2.01. The Hall–Kier alpha value is -2.85. The molecule has 1 amide bonds. The number of carbonyl (C=O) groups excluding carboxylic acids is 1. The minimum Gasteiger partial charge on any atom is -0.463 e. The number of rotatable bonds is 7. The van der Waals surface area contributed by atoms with Crippen LogP contribution in [0.2, 0.25) is 0 Å². The molecule has 2 N–H and O–H groups in total. The number of benzene rings is 2. The summed E-state index contributed by atoms with van der Waals surface area (Å²) in [5.74, 6) is 0.900. The summed E-state index contributed by atoms with van der Waals surface area (Å²) in [6.07, 6.45) is 1.66. The monoisotopic (exact) mass is 349 g/mol. The first-order valence-electron chi connectivity index (χ1n) is 8.90. The summed E-state index contributed by atoms with van der Waals surface area (Å²) >= 11 is 0. The zero-order valence-electron chi connectivity index (χ0n) is 15.2. The summed E-state index contributed by atoms with van der Waals surface area (Å²) in [6, 6.07) is 23.6. The van der Waals surface area contributed by atoms with Gasteiger partial charge in [-0.3, -0.25) is 4.79 Å². The molecular formula is C22H25N2O2+. The standard InChI is InChI=1S/C22H24N2O2/c1-17(24(2)16-20-14-9-15-26-20)22(25)23-21(18-10-5-3-6-11-18)19-12-7-4-8-13-19/h3-15,17,21H,16H2,1-2H3,(H,23,25)/p+1/t17-/m0/s1. The van der Waals surface area contributed by atoms with E-state index < -0.39 is 0 Å². The lowest BCUT2D eigenvalue weighted by Gasteiger charge is -2.25. The summed E-state index contributed by atoms with van der Waals surface area (Å²) in [4.78, 5) is 14.0. The van der Waals surface area contributed by atoms with Gasteiger partial charge in [0, 0.05) is 0 Å². The molecule has 2 aromatic carbocycles. The van der Waals surface area contributed by atoms with Crippen LogP contribution in [0.1, 0.15) is 29.9 Å². The van der Waals surface area contributed by atoms with E-state index >= 15 is 0 Å². The Balaban J connectivity index is 1.74. The van der Waals surface area contributed by atoms with Crippen LogP contribution in [-0.4, -0.2) is 19.0 Å². The Morgan fingerprint density at radius 3 is 2.04 bits per heavy atom. The van der Waals surface area contributed by atoms with E-state index in [-0.39, 0.29) is 18.0 Å². The third-order valence-corrected chi connectivity index (χ3v) is 4.72. The number of likely N-dealkylation sites (N-methyl/N-ethyl adjacent to an activating group) is 1. The lowest BCUT2D eigenvalue weighted by Crippen LogP contribution is -3.12. The van der Waals surface area contributed by atoms with Gasteiger partial charge in [0.15, 0.2) is 11.8 Å². The van der Waals surface area contributed by atoms with Crippen molar-refractivity contribution < 1.29 is 14.1 Å². The first-order valence-corrected chi connectivity index (χ1v) is 8.90. The third-order valence-electron chi connectivity index (χ3n) is 4.72. The van der Waals surface area contributed by atoms with Gasteiger partial charge in [-0.25, -0.2) is 0 Å². The molecule has 0 aliphatic heterocycles. The van der Waals surface area contributed by atoms with Crippen molar-refractivity contribution >= 4 is 5.91 Å². The van der Waals surface area contributed by atoms with Crippen molar-refractivity contribution in [3.63, 3.8) is 0 Å². The number of quaternary nitrogens is 1. The molecule has 3 aromatic rings. The first-order chi connectivity index (χ1) is 12.6. The van der Waals surface area contributed by atoms with Gasteiger partial charge in [0.2, 0.25) is 0 Å². The Kier molecular flexibility index (Phi) is 5.87. The number of furan rings is 1. The molecule has 3 rings (SSSR count). The summed E-state index contributed by atoms with van der Waals surface area (Å²) in [5, 5.41) is 3.22. The minimum atomic E-state index is -0.199. The Bertz CT molecular complexity index is 761. The van der Waals surface area contributed by atoms with Gasteiger partial charge in [0.25, 0.3) is 5.91 Å². The SMILES string of the molecule is C[C@@H](C(=O)NC(c1ccccc1)c1ccccc1)[NH+](C)Cc1ccco1. The molecule has 4 heteroatoms. The largest absolute Gasteiger partial charge is 0.463 e. The molecule has 0 saturated carbocycles. The third kappa shape index (κ3) is 4.41. The molecule has 0 spiro atoms. The predicted octanol–water partition coefficient (Wildman–Crippen LogP) is 2.59. The van der Waals surface area contributed by atoms with Crippen LogP contribution in [0.3, 0.4) is 0 Å². The highest BCUT2D eigenvalue weighted by Gasteiger charge is 2.26. The van der Waals surface area contributed by atoms with Crippen LogP contribution in [0.15, 0.2) is 83.5 Å². The molecule has 1 aromatic heterocycles. The van der Waals surface area contributed by atoms with E-state index in [1.165, 1.54) is 0 Å². The normalized spacial score (nSPS) is 13.3. The maximum absolute atomic E-state index is 12.9. The van der Waals surface area contributed by atoms with Crippen molar-refractivity contribution in [3.8, 4) is 0 Å². The van der Waals surface area contributed by atoms with Gasteiger partial charge in [0.05, 0.1) is 19.4 Å².